The number of hydrogen-bond acceptors (Lipinski definition) is 4. The molecule has 5 nitrogen and oxygen atoms in total. The third kappa shape index (κ3) is 3.38. The average Bonchev–Trinajstić information content (AvgIpc) is 3.11. The molecule has 2 aromatic rings. The fraction of sp³-hybridized carbons (Fsp3) is 0.476. The molecular formula is C21H24N2O3S. The number of aryl methyl sites for hydroxylation is 1. The van der Waals surface area contributed by atoms with E-state index in [9.17, 15) is 14.7 Å². The molecule has 3 aliphatic carbocycles. The standard InChI is InChI=1S/C21H24N2O3S/c1-2-15-18(14-6-4-3-5-7-14)22-21(27-15)23-19(24)16-12-8-10-13(11-9-12)17(16)20(25)26/h3-7,12-13,16-17H,2,8-11H2,1H3,(H,25,26)(H,22,23,24)/t12?,13?,16-,17+/m0/s1. The van der Waals surface area contributed by atoms with Crippen molar-refractivity contribution in [3.05, 3.63) is 35.2 Å². The summed E-state index contributed by atoms with van der Waals surface area (Å²) in [6.07, 6.45) is 4.62. The smallest absolute Gasteiger partial charge is 0.307 e. The van der Waals surface area contributed by atoms with Gasteiger partial charge in [0.2, 0.25) is 5.91 Å². The maximum absolute atomic E-state index is 13.0. The molecule has 1 aromatic heterocycles. The van der Waals surface area contributed by atoms with Gasteiger partial charge in [-0.1, -0.05) is 37.3 Å². The number of fused-ring (bicyclic) bond motifs is 3. The van der Waals surface area contributed by atoms with E-state index >= 15 is 0 Å². The minimum Gasteiger partial charge on any atom is -0.481 e. The van der Waals surface area contributed by atoms with Crippen LogP contribution in [0.25, 0.3) is 11.3 Å². The lowest BCUT2D eigenvalue weighted by Gasteiger charge is -2.45. The van der Waals surface area contributed by atoms with Crippen LogP contribution < -0.4 is 5.32 Å². The first-order chi connectivity index (χ1) is 13.1. The first-order valence-corrected chi connectivity index (χ1v) is 10.5. The Balaban J connectivity index is 1.58. The van der Waals surface area contributed by atoms with Crippen LogP contribution >= 0.6 is 11.3 Å². The highest BCUT2D eigenvalue weighted by atomic mass is 32.1. The summed E-state index contributed by atoms with van der Waals surface area (Å²) in [5, 5.41) is 13.2. The van der Waals surface area contributed by atoms with E-state index in [1.165, 1.54) is 11.3 Å². The highest BCUT2D eigenvalue weighted by molar-refractivity contribution is 7.16. The Bertz CT molecular complexity index is 840. The summed E-state index contributed by atoms with van der Waals surface area (Å²) in [6, 6.07) is 9.94. The molecule has 0 radical (unpaired) electrons. The van der Waals surface area contributed by atoms with E-state index in [4.69, 9.17) is 0 Å². The van der Waals surface area contributed by atoms with Crippen molar-refractivity contribution >= 4 is 28.3 Å². The monoisotopic (exact) mass is 384 g/mol. The summed E-state index contributed by atoms with van der Waals surface area (Å²) in [7, 11) is 0. The minimum atomic E-state index is -0.831. The number of anilines is 1. The Kier molecular flexibility index (Phi) is 5.00. The molecule has 2 N–H and O–H groups in total. The Morgan fingerprint density at radius 1 is 1.11 bits per heavy atom. The molecule has 142 valence electrons. The van der Waals surface area contributed by atoms with Gasteiger partial charge in [0.1, 0.15) is 0 Å². The van der Waals surface area contributed by atoms with Gasteiger partial charge < -0.3 is 10.4 Å². The number of hydrogen-bond donors (Lipinski definition) is 2. The van der Waals surface area contributed by atoms with E-state index < -0.39 is 17.8 Å². The molecule has 0 unspecified atom stereocenters. The van der Waals surface area contributed by atoms with Gasteiger partial charge in [0.15, 0.2) is 5.13 Å². The fourth-order valence-corrected chi connectivity index (χ4v) is 5.76. The van der Waals surface area contributed by atoms with Crippen molar-refractivity contribution < 1.29 is 14.7 Å². The van der Waals surface area contributed by atoms with Gasteiger partial charge in [0, 0.05) is 10.4 Å². The molecule has 1 heterocycles. The molecule has 3 saturated carbocycles. The lowest BCUT2D eigenvalue weighted by Crippen LogP contribution is -2.49. The van der Waals surface area contributed by atoms with Gasteiger partial charge in [-0.15, -0.1) is 11.3 Å². The molecule has 6 heteroatoms. The van der Waals surface area contributed by atoms with Crippen molar-refractivity contribution in [1.29, 1.82) is 0 Å². The molecule has 0 saturated heterocycles. The zero-order chi connectivity index (χ0) is 19.0. The second-order valence-electron chi connectivity index (χ2n) is 7.56. The lowest BCUT2D eigenvalue weighted by molar-refractivity contribution is -0.156. The molecule has 2 atom stereocenters. The van der Waals surface area contributed by atoms with Crippen molar-refractivity contribution in [1.82, 2.24) is 4.98 Å². The van der Waals surface area contributed by atoms with Gasteiger partial charge in [0.05, 0.1) is 17.5 Å². The quantitative estimate of drug-likeness (QED) is 0.798. The second kappa shape index (κ2) is 7.43. The number of thiazole rings is 1. The van der Waals surface area contributed by atoms with Crippen LogP contribution in [0.1, 0.15) is 37.5 Å². The van der Waals surface area contributed by atoms with Crippen molar-refractivity contribution in [3.8, 4) is 11.3 Å². The summed E-state index contributed by atoms with van der Waals surface area (Å²) < 4.78 is 0. The molecule has 1 aromatic carbocycles. The maximum Gasteiger partial charge on any atom is 0.307 e. The SMILES string of the molecule is CCc1sc(NC(=O)[C@H]2C3CCC(CC3)[C@H]2C(=O)O)nc1-c1ccccc1. The van der Waals surface area contributed by atoms with Crippen molar-refractivity contribution in [2.45, 2.75) is 39.0 Å². The number of carbonyl (C=O) groups is 2. The number of aromatic nitrogens is 1. The number of amides is 1. The summed E-state index contributed by atoms with van der Waals surface area (Å²) in [6.45, 7) is 2.08. The van der Waals surface area contributed by atoms with E-state index in [1.807, 2.05) is 30.3 Å². The third-order valence-electron chi connectivity index (χ3n) is 6.10. The highest BCUT2D eigenvalue weighted by Crippen LogP contribution is 2.49. The molecule has 0 spiro atoms. The van der Waals surface area contributed by atoms with Crippen LogP contribution in [0.3, 0.4) is 0 Å². The number of carbonyl (C=O) groups excluding carboxylic acids is 1. The van der Waals surface area contributed by atoms with Crippen LogP contribution in [0, 0.1) is 23.7 Å². The summed E-state index contributed by atoms with van der Waals surface area (Å²) in [5.74, 6) is -1.70. The van der Waals surface area contributed by atoms with Gasteiger partial charge in [-0.2, -0.15) is 0 Å². The van der Waals surface area contributed by atoms with Gasteiger partial charge in [-0.05, 0) is 43.9 Å². The number of nitrogens with zero attached hydrogens (tertiary/aromatic N) is 1. The van der Waals surface area contributed by atoms with Crippen molar-refractivity contribution in [3.63, 3.8) is 0 Å². The van der Waals surface area contributed by atoms with E-state index in [1.54, 1.807) is 0 Å². The minimum absolute atomic E-state index is 0.130. The van der Waals surface area contributed by atoms with E-state index in [2.05, 4.69) is 17.2 Å². The van der Waals surface area contributed by atoms with Crippen LogP contribution in [-0.2, 0) is 16.0 Å². The number of carboxylic acid groups (broad SMARTS) is 1. The maximum atomic E-state index is 13.0. The normalized spacial score (nSPS) is 26.7. The zero-order valence-corrected chi connectivity index (χ0v) is 16.2. The first kappa shape index (κ1) is 18.2. The van der Waals surface area contributed by atoms with Gasteiger partial charge >= 0.3 is 5.97 Å². The number of aliphatic carboxylic acids is 1. The van der Waals surface area contributed by atoms with Crippen LogP contribution in [0.5, 0.6) is 0 Å². The van der Waals surface area contributed by atoms with Gasteiger partial charge in [-0.25, -0.2) is 4.98 Å². The van der Waals surface area contributed by atoms with Crippen LogP contribution in [0.2, 0.25) is 0 Å². The predicted molar refractivity (Wildman–Crippen MR) is 106 cm³/mol. The molecule has 2 bridgehead atoms. The second-order valence-corrected chi connectivity index (χ2v) is 8.65. The van der Waals surface area contributed by atoms with Crippen LogP contribution in [-0.4, -0.2) is 22.0 Å². The number of carboxylic acids is 1. The van der Waals surface area contributed by atoms with Crippen LogP contribution in [0.15, 0.2) is 30.3 Å². The highest BCUT2D eigenvalue weighted by Gasteiger charge is 2.50. The topological polar surface area (TPSA) is 79.3 Å². The van der Waals surface area contributed by atoms with Gasteiger partial charge in [0.25, 0.3) is 0 Å². The Morgan fingerprint density at radius 2 is 1.74 bits per heavy atom. The predicted octanol–water partition coefficient (Wildman–Crippen LogP) is 4.45. The Labute approximate surface area is 162 Å². The number of nitrogens with one attached hydrogen (secondary N) is 1. The third-order valence-corrected chi connectivity index (χ3v) is 7.22. The van der Waals surface area contributed by atoms with E-state index in [0.717, 1.165) is 48.2 Å². The van der Waals surface area contributed by atoms with Gasteiger partial charge in [-0.3, -0.25) is 9.59 Å². The lowest BCUT2D eigenvalue weighted by atomic mass is 9.58. The van der Waals surface area contributed by atoms with Crippen molar-refractivity contribution in [2.75, 3.05) is 5.32 Å². The molecule has 3 aliphatic rings. The van der Waals surface area contributed by atoms with Crippen LogP contribution in [0.4, 0.5) is 5.13 Å². The average molecular weight is 385 g/mol. The summed E-state index contributed by atoms with van der Waals surface area (Å²) >= 11 is 1.49. The Morgan fingerprint density at radius 3 is 2.33 bits per heavy atom. The largest absolute Gasteiger partial charge is 0.481 e. The molecule has 5 rings (SSSR count). The molecular weight excluding hydrogens is 360 g/mol. The van der Waals surface area contributed by atoms with Crippen molar-refractivity contribution in [2.24, 2.45) is 23.7 Å². The molecule has 1 amide bonds. The summed E-state index contributed by atoms with van der Waals surface area (Å²) in [5.41, 5.74) is 1.93. The molecule has 27 heavy (non-hydrogen) atoms. The van der Waals surface area contributed by atoms with E-state index in [-0.39, 0.29) is 17.7 Å². The molecule has 3 fully saturated rings. The van der Waals surface area contributed by atoms with E-state index in [0.29, 0.717) is 5.13 Å². The summed E-state index contributed by atoms with van der Waals surface area (Å²) in [4.78, 5) is 30.6. The fourth-order valence-electron chi connectivity index (χ4n) is 4.84. The molecule has 0 aliphatic heterocycles. The number of benzene rings is 1. The number of rotatable bonds is 5. The zero-order valence-electron chi connectivity index (χ0n) is 15.4. The first-order valence-electron chi connectivity index (χ1n) is 9.67. The Hall–Kier alpha value is -2.21.